The molecule has 106 valence electrons. The molecule has 0 spiro atoms. The summed E-state index contributed by atoms with van der Waals surface area (Å²) in [5.74, 6) is -0.686. The van der Waals surface area contributed by atoms with E-state index in [0.717, 1.165) is 21.9 Å². The summed E-state index contributed by atoms with van der Waals surface area (Å²) in [5.41, 5.74) is -0.119. The summed E-state index contributed by atoms with van der Waals surface area (Å²) in [5, 5.41) is 13.7. The minimum atomic E-state index is -0.686. The van der Waals surface area contributed by atoms with E-state index in [1.54, 1.807) is 11.3 Å². The fourth-order valence-corrected chi connectivity index (χ4v) is 2.83. The summed E-state index contributed by atoms with van der Waals surface area (Å²) in [7, 11) is 0. The van der Waals surface area contributed by atoms with E-state index in [2.05, 4.69) is 5.32 Å². The highest BCUT2D eigenvalue weighted by Gasteiger charge is 2.20. The molecule has 1 unspecified atom stereocenters. The highest BCUT2D eigenvalue weighted by Crippen LogP contribution is 2.34. The van der Waals surface area contributed by atoms with Crippen molar-refractivity contribution in [3.05, 3.63) is 55.0 Å². The standard InChI is InChI=1S/C13H12ClFN2O2S/c1-7-3-4-13(20-7)8(2)16-11-6-10(15)9(14)5-12(11)17(18)19/h3-6,8,16H,1-2H3. The Hall–Kier alpha value is -1.66. The van der Waals surface area contributed by atoms with Gasteiger partial charge in [0.2, 0.25) is 0 Å². The second-order valence-corrected chi connectivity index (χ2v) is 6.08. The van der Waals surface area contributed by atoms with E-state index >= 15 is 0 Å². The maximum absolute atomic E-state index is 13.5. The van der Waals surface area contributed by atoms with Crippen LogP contribution in [0.5, 0.6) is 0 Å². The molecule has 4 nitrogen and oxygen atoms in total. The number of aryl methyl sites for hydroxylation is 1. The molecule has 1 atom stereocenters. The van der Waals surface area contributed by atoms with Gasteiger partial charge in [-0.25, -0.2) is 4.39 Å². The minimum absolute atomic E-state index is 0.121. The fourth-order valence-electron chi connectivity index (χ4n) is 1.79. The topological polar surface area (TPSA) is 55.2 Å². The zero-order chi connectivity index (χ0) is 14.9. The van der Waals surface area contributed by atoms with Crippen molar-refractivity contribution in [1.29, 1.82) is 0 Å². The van der Waals surface area contributed by atoms with Crippen LogP contribution in [0.1, 0.15) is 22.7 Å². The first kappa shape index (κ1) is 14.7. The molecule has 7 heteroatoms. The van der Waals surface area contributed by atoms with Crippen LogP contribution in [-0.4, -0.2) is 4.92 Å². The molecule has 0 radical (unpaired) electrons. The third-order valence-corrected chi connectivity index (χ3v) is 4.27. The first-order valence-electron chi connectivity index (χ1n) is 5.85. The van der Waals surface area contributed by atoms with E-state index in [9.17, 15) is 14.5 Å². The van der Waals surface area contributed by atoms with E-state index in [-0.39, 0.29) is 22.4 Å². The number of halogens is 2. The van der Waals surface area contributed by atoms with Crippen LogP contribution < -0.4 is 5.32 Å². The van der Waals surface area contributed by atoms with Crippen LogP contribution in [0.15, 0.2) is 24.3 Å². The van der Waals surface area contributed by atoms with Crippen molar-refractivity contribution in [3.63, 3.8) is 0 Å². The van der Waals surface area contributed by atoms with Crippen LogP contribution in [0.4, 0.5) is 15.8 Å². The van der Waals surface area contributed by atoms with Gasteiger partial charge in [-0.2, -0.15) is 0 Å². The van der Waals surface area contributed by atoms with Crippen LogP contribution in [0.2, 0.25) is 5.02 Å². The summed E-state index contributed by atoms with van der Waals surface area (Å²) in [6, 6.07) is 5.82. The number of nitro groups is 1. The van der Waals surface area contributed by atoms with Crippen LogP contribution in [-0.2, 0) is 0 Å². The molecule has 0 aliphatic heterocycles. The molecule has 0 saturated heterocycles. The van der Waals surface area contributed by atoms with Gasteiger partial charge < -0.3 is 5.32 Å². The average Bonchev–Trinajstić information content (AvgIpc) is 2.80. The maximum Gasteiger partial charge on any atom is 0.294 e. The van der Waals surface area contributed by atoms with Gasteiger partial charge in [-0.15, -0.1) is 11.3 Å². The van der Waals surface area contributed by atoms with E-state index in [1.807, 2.05) is 26.0 Å². The Labute approximate surface area is 124 Å². The highest BCUT2D eigenvalue weighted by atomic mass is 35.5. The third kappa shape index (κ3) is 3.08. The fraction of sp³-hybridized carbons (Fsp3) is 0.231. The van der Waals surface area contributed by atoms with Gasteiger partial charge in [0.05, 0.1) is 16.0 Å². The van der Waals surface area contributed by atoms with Crippen LogP contribution in [0.3, 0.4) is 0 Å². The second-order valence-electron chi connectivity index (χ2n) is 4.36. The van der Waals surface area contributed by atoms with Crippen LogP contribution in [0.25, 0.3) is 0 Å². The van der Waals surface area contributed by atoms with Crippen molar-refractivity contribution in [1.82, 2.24) is 0 Å². The zero-order valence-corrected chi connectivity index (χ0v) is 12.4. The van der Waals surface area contributed by atoms with Gasteiger partial charge in [-0.1, -0.05) is 11.6 Å². The predicted octanol–water partition coefficient (Wildman–Crippen LogP) is 4.93. The largest absolute Gasteiger partial charge is 0.372 e. The van der Waals surface area contributed by atoms with E-state index in [1.165, 1.54) is 0 Å². The summed E-state index contributed by atoms with van der Waals surface area (Å²) in [6.07, 6.45) is 0. The Morgan fingerprint density at radius 2 is 2.15 bits per heavy atom. The molecule has 1 aromatic heterocycles. The predicted molar refractivity (Wildman–Crippen MR) is 79.2 cm³/mol. The molecule has 2 aromatic rings. The molecule has 0 fully saturated rings. The Bertz CT molecular complexity index is 660. The van der Waals surface area contributed by atoms with Crippen LogP contribution >= 0.6 is 22.9 Å². The number of rotatable bonds is 4. The van der Waals surface area contributed by atoms with Crippen molar-refractivity contribution in [3.8, 4) is 0 Å². The number of nitrogens with one attached hydrogen (secondary N) is 1. The zero-order valence-electron chi connectivity index (χ0n) is 10.8. The summed E-state index contributed by atoms with van der Waals surface area (Å²) in [6.45, 7) is 3.84. The molecule has 0 saturated carbocycles. The number of benzene rings is 1. The molecule has 1 N–H and O–H groups in total. The molecule has 1 heterocycles. The lowest BCUT2D eigenvalue weighted by molar-refractivity contribution is -0.384. The van der Waals surface area contributed by atoms with Gasteiger partial charge in [0.15, 0.2) is 0 Å². The van der Waals surface area contributed by atoms with Crippen molar-refractivity contribution >= 4 is 34.3 Å². The number of nitrogens with zero attached hydrogens (tertiary/aromatic N) is 1. The monoisotopic (exact) mass is 314 g/mol. The molecule has 0 bridgehead atoms. The lowest BCUT2D eigenvalue weighted by Gasteiger charge is -2.14. The van der Waals surface area contributed by atoms with Gasteiger partial charge in [0.1, 0.15) is 11.5 Å². The molecule has 2 rings (SSSR count). The SMILES string of the molecule is Cc1ccc(C(C)Nc2cc(F)c(Cl)cc2[N+](=O)[O-])s1. The van der Waals surface area contributed by atoms with Crippen molar-refractivity contribution in [2.45, 2.75) is 19.9 Å². The molecule has 1 aromatic carbocycles. The lowest BCUT2D eigenvalue weighted by atomic mass is 10.2. The molecular weight excluding hydrogens is 303 g/mol. The Morgan fingerprint density at radius 3 is 2.70 bits per heavy atom. The third-order valence-electron chi connectivity index (χ3n) is 2.80. The first-order chi connectivity index (χ1) is 9.38. The normalized spacial score (nSPS) is 12.2. The minimum Gasteiger partial charge on any atom is -0.372 e. The number of thiophene rings is 1. The van der Waals surface area contributed by atoms with Crippen LogP contribution in [0, 0.1) is 22.9 Å². The van der Waals surface area contributed by atoms with Gasteiger partial charge in [-0.05, 0) is 26.0 Å². The molecule has 20 heavy (non-hydrogen) atoms. The summed E-state index contributed by atoms with van der Waals surface area (Å²) < 4.78 is 13.5. The van der Waals surface area contributed by atoms with Crippen molar-refractivity contribution in [2.24, 2.45) is 0 Å². The Balaban J connectivity index is 2.33. The van der Waals surface area contributed by atoms with Gasteiger partial charge >= 0.3 is 0 Å². The maximum atomic E-state index is 13.5. The summed E-state index contributed by atoms with van der Waals surface area (Å²) in [4.78, 5) is 12.6. The van der Waals surface area contributed by atoms with E-state index < -0.39 is 10.7 Å². The van der Waals surface area contributed by atoms with Gasteiger partial charge in [0.25, 0.3) is 5.69 Å². The number of hydrogen-bond acceptors (Lipinski definition) is 4. The number of hydrogen-bond donors (Lipinski definition) is 1. The average molecular weight is 315 g/mol. The summed E-state index contributed by atoms with van der Waals surface area (Å²) >= 11 is 7.17. The van der Waals surface area contributed by atoms with Crippen molar-refractivity contribution < 1.29 is 9.31 Å². The smallest absolute Gasteiger partial charge is 0.294 e. The number of anilines is 1. The van der Waals surface area contributed by atoms with E-state index in [0.29, 0.717) is 0 Å². The van der Waals surface area contributed by atoms with E-state index in [4.69, 9.17) is 11.6 Å². The first-order valence-corrected chi connectivity index (χ1v) is 7.04. The second kappa shape index (κ2) is 5.76. The van der Waals surface area contributed by atoms with Gasteiger partial charge in [0, 0.05) is 21.9 Å². The van der Waals surface area contributed by atoms with Crippen molar-refractivity contribution in [2.75, 3.05) is 5.32 Å². The molecule has 0 aliphatic rings. The molecule has 0 amide bonds. The Kier molecular flexibility index (Phi) is 4.25. The number of nitro benzene ring substituents is 1. The quantitative estimate of drug-likeness (QED) is 0.643. The highest BCUT2D eigenvalue weighted by molar-refractivity contribution is 7.12. The molecule has 0 aliphatic carbocycles. The lowest BCUT2D eigenvalue weighted by Crippen LogP contribution is -2.07. The molecular formula is C13H12ClFN2O2S. The van der Waals surface area contributed by atoms with Gasteiger partial charge in [-0.3, -0.25) is 10.1 Å². The Morgan fingerprint density at radius 1 is 1.45 bits per heavy atom.